The monoisotopic (exact) mass is 711 g/mol. The van der Waals surface area contributed by atoms with Gasteiger partial charge in [0.25, 0.3) is 0 Å². The highest BCUT2D eigenvalue weighted by Gasteiger charge is 2.19. The molecule has 3 aromatic rings. The Labute approximate surface area is 305 Å². The zero-order valence-electron chi connectivity index (χ0n) is 31.0. The summed E-state index contributed by atoms with van der Waals surface area (Å²) in [7, 11) is 25.6. The zero-order valence-corrected chi connectivity index (χ0v) is 33.2. The van der Waals surface area contributed by atoms with Crippen LogP contribution < -0.4 is 51.4 Å². The van der Waals surface area contributed by atoms with Gasteiger partial charge in [-0.3, -0.25) is 0 Å². The van der Waals surface area contributed by atoms with Gasteiger partial charge in [-0.2, -0.15) is 0 Å². The van der Waals surface area contributed by atoms with Gasteiger partial charge in [-0.25, -0.2) is 0 Å². The second kappa shape index (κ2) is 19.1. The summed E-state index contributed by atoms with van der Waals surface area (Å²) in [6.07, 6.45) is 4.54. The number of benzene rings is 3. The van der Waals surface area contributed by atoms with Gasteiger partial charge in [-0.1, -0.05) is 36.4 Å². The van der Waals surface area contributed by atoms with Crippen molar-refractivity contribution in [3.8, 4) is 17.2 Å². The first kappa shape index (κ1) is 44.8. The Balaban J connectivity index is 0.00000705. The molecule has 0 aliphatic rings. The average molecular weight is 713 g/mol. The minimum Gasteiger partial charge on any atom is -1.00 e. The van der Waals surface area contributed by atoms with Gasteiger partial charge in [0.05, 0.1) is 104 Å². The van der Waals surface area contributed by atoms with Crippen molar-refractivity contribution in [3.05, 3.63) is 87.5 Å². The Bertz CT molecular complexity index is 1300. The van der Waals surface area contributed by atoms with Crippen LogP contribution in [0.3, 0.4) is 0 Å². The van der Waals surface area contributed by atoms with Gasteiger partial charge in [0, 0.05) is 32.1 Å². The Morgan fingerprint density at radius 1 is 0.426 bits per heavy atom. The summed E-state index contributed by atoms with van der Waals surface area (Å²) in [6, 6.07) is 18.0. The van der Waals surface area contributed by atoms with Crippen LogP contribution in [0.1, 0.15) is 38.9 Å². The SMILES string of the molecule is COc1ccc(CC[N+](C)(C)C)cc1Cc1cc(CC[N+](C)(C)C)cc(Cc2cc(CC[N+](C)(C)C)ccc2OC)c1OC.[Cl-].[Cl-].[Cl-]. The highest BCUT2D eigenvalue weighted by Crippen LogP contribution is 2.35. The number of quaternary nitrogens is 3. The number of likely N-dealkylation sites (N-methyl/N-ethyl adjacent to an activating group) is 3. The predicted octanol–water partition coefficient (Wildman–Crippen LogP) is -3.35. The van der Waals surface area contributed by atoms with Crippen LogP contribution in [0.2, 0.25) is 0 Å². The van der Waals surface area contributed by atoms with Gasteiger partial charge < -0.3 is 64.9 Å². The van der Waals surface area contributed by atoms with E-state index in [0.29, 0.717) is 0 Å². The molecule has 0 bridgehead atoms. The van der Waals surface area contributed by atoms with Crippen molar-refractivity contribution >= 4 is 0 Å². The van der Waals surface area contributed by atoms with E-state index in [1.54, 1.807) is 21.3 Å². The molecule has 266 valence electrons. The first-order valence-corrected chi connectivity index (χ1v) is 15.9. The lowest BCUT2D eigenvalue weighted by molar-refractivity contribution is -0.870. The third-order valence-corrected chi connectivity index (χ3v) is 8.17. The average Bonchev–Trinajstić information content (AvgIpc) is 2.93. The van der Waals surface area contributed by atoms with Crippen LogP contribution in [0.25, 0.3) is 0 Å². The molecular formula is C38H60Cl3N3O3. The number of hydrogen-bond acceptors (Lipinski definition) is 3. The van der Waals surface area contributed by atoms with Gasteiger partial charge >= 0.3 is 0 Å². The maximum absolute atomic E-state index is 6.22. The fourth-order valence-corrected chi connectivity index (χ4v) is 5.55. The smallest absolute Gasteiger partial charge is 0.125 e. The molecule has 0 saturated heterocycles. The number of nitrogens with zero attached hydrogens (tertiary/aromatic N) is 3. The lowest BCUT2D eigenvalue weighted by Crippen LogP contribution is -3.00. The molecule has 0 N–H and O–H groups in total. The van der Waals surface area contributed by atoms with E-state index in [4.69, 9.17) is 14.2 Å². The van der Waals surface area contributed by atoms with Crippen LogP contribution in [0.4, 0.5) is 0 Å². The largest absolute Gasteiger partial charge is 1.00 e. The molecule has 0 aliphatic carbocycles. The van der Waals surface area contributed by atoms with Gasteiger partial charge in [0.2, 0.25) is 0 Å². The number of halogens is 3. The molecule has 0 heterocycles. The lowest BCUT2D eigenvalue weighted by atomic mass is 9.92. The van der Waals surface area contributed by atoms with Crippen molar-refractivity contribution in [1.29, 1.82) is 0 Å². The summed E-state index contributed by atoms with van der Waals surface area (Å²) >= 11 is 0. The molecule has 6 nitrogen and oxygen atoms in total. The summed E-state index contributed by atoms with van der Waals surface area (Å²) in [5, 5.41) is 0. The Hall–Kier alpha value is -2.19. The number of ether oxygens (including phenoxy) is 3. The van der Waals surface area contributed by atoms with E-state index >= 15 is 0 Å². The first-order valence-electron chi connectivity index (χ1n) is 15.9. The number of methoxy groups -OCH3 is 3. The van der Waals surface area contributed by atoms with E-state index in [0.717, 1.165) is 82.4 Å². The lowest BCUT2D eigenvalue weighted by Gasteiger charge is -2.25. The third kappa shape index (κ3) is 14.9. The second-order valence-electron chi connectivity index (χ2n) is 15.4. The molecule has 3 rings (SSSR count). The van der Waals surface area contributed by atoms with E-state index in [-0.39, 0.29) is 37.2 Å². The molecule has 0 amide bonds. The van der Waals surface area contributed by atoms with E-state index in [9.17, 15) is 0 Å². The molecule has 0 saturated carbocycles. The van der Waals surface area contributed by atoms with Crippen molar-refractivity contribution in [2.75, 3.05) is 104 Å². The highest BCUT2D eigenvalue weighted by molar-refractivity contribution is 5.52. The number of hydrogen-bond donors (Lipinski definition) is 0. The topological polar surface area (TPSA) is 27.7 Å². The minimum absolute atomic E-state index is 0. The molecule has 0 spiro atoms. The van der Waals surface area contributed by atoms with Crippen LogP contribution in [0.5, 0.6) is 17.2 Å². The van der Waals surface area contributed by atoms with Gasteiger partial charge in [0.1, 0.15) is 17.2 Å². The van der Waals surface area contributed by atoms with E-state index in [1.165, 1.54) is 38.9 Å². The van der Waals surface area contributed by atoms with E-state index in [2.05, 4.69) is 112 Å². The van der Waals surface area contributed by atoms with Crippen LogP contribution in [0.15, 0.2) is 48.5 Å². The third-order valence-electron chi connectivity index (χ3n) is 8.17. The van der Waals surface area contributed by atoms with Crippen molar-refractivity contribution in [1.82, 2.24) is 0 Å². The van der Waals surface area contributed by atoms with Crippen LogP contribution in [-0.2, 0) is 32.1 Å². The maximum Gasteiger partial charge on any atom is 0.125 e. The second-order valence-corrected chi connectivity index (χ2v) is 15.4. The van der Waals surface area contributed by atoms with Gasteiger partial charge in [-0.15, -0.1) is 0 Å². The van der Waals surface area contributed by atoms with Crippen molar-refractivity contribution in [2.24, 2.45) is 0 Å². The molecule has 9 heteroatoms. The summed E-state index contributed by atoms with van der Waals surface area (Å²) in [4.78, 5) is 0. The van der Waals surface area contributed by atoms with E-state index in [1.807, 2.05) is 0 Å². The van der Waals surface area contributed by atoms with Crippen LogP contribution in [0, 0.1) is 0 Å². The Kier molecular flexibility index (Phi) is 18.2. The molecule has 0 aliphatic heterocycles. The fourth-order valence-electron chi connectivity index (χ4n) is 5.55. The van der Waals surface area contributed by atoms with Crippen molar-refractivity contribution < 1.29 is 64.9 Å². The highest BCUT2D eigenvalue weighted by atomic mass is 35.5. The maximum atomic E-state index is 6.22. The zero-order chi connectivity index (χ0) is 32.7. The first-order chi connectivity index (χ1) is 20.5. The standard InChI is InChI=1S/C38H60N3O3.3ClH/c1-39(2,3)20-17-29-13-15-36(42-10)32(23-29)27-34-25-31(19-22-41(7,8)9)26-35(38(34)44-12)28-33-24-30(14-16-37(33)43-11)18-21-40(4,5)6;;;/h13-16,23-26H,17-22,27-28H2,1-12H3;3*1H/q+3;;;/p-3. The fraction of sp³-hybridized carbons (Fsp3) is 0.526. The molecule has 3 aromatic carbocycles. The summed E-state index contributed by atoms with van der Waals surface area (Å²) in [6.45, 7) is 3.21. The van der Waals surface area contributed by atoms with Crippen LogP contribution >= 0.6 is 0 Å². The van der Waals surface area contributed by atoms with Crippen molar-refractivity contribution in [2.45, 2.75) is 32.1 Å². The molecular weight excluding hydrogens is 653 g/mol. The molecule has 47 heavy (non-hydrogen) atoms. The summed E-state index contributed by atoms with van der Waals surface area (Å²) in [5.74, 6) is 2.80. The normalized spacial score (nSPS) is 11.6. The van der Waals surface area contributed by atoms with Crippen molar-refractivity contribution in [3.63, 3.8) is 0 Å². The molecule has 0 unspecified atom stereocenters. The Morgan fingerprint density at radius 3 is 1.04 bits per heavy atom. The van der Waals surface area contributed by atoms with Gasteiger partial charge in [-0.05, 0) is 51.1 Å². The van der Waals surface area contributed by atoms with Gasteiger partial charge in [0.15, 0.2) is 0 Å². The summed E-state index contributed by atoms with van der Waals surface area (Å²) in [5.41, 5.74) is 8.80. The molecule has 0 fully saturated rings. The predicted molar refractivity (Wildman–Crippen MR) is 184 cm³/mol. The Morgan fingerprint density at radius 2 is 0.745 bits per heavy atom. The molecule has 0 atom stereocenters. The van der Waals surface area contributed by atoms with E-state index < -0.39 is 0 Å². The van der Waals surface area contributed by atoms with Crippen LogP contribution in [-0.4, -0.2) is 118 Å². The quantitative estimate of drug-likeness (QED) is 0.146. The molecule has 0 radical (unpaired) electrons. The number of rotatable bonds is 16. The molecule has 0 aromatic heterocycles. The summed E-state index contributed by atoms with van der Waals surface area (Å²) < 4.78 is 20.7. The minimum atomic E-state index is 0.